The molecule has 29 heavy (non-hydrogen) atoms. The van der Waals surface area contributed by atoms with Crippen molar-refractivity contribution in [3.8, 4) is 0 Å². The highest BCUT2D eigenvalue weighted by Crippen LogP contribution is 2.34. The monoisotopic (exact) mass is 472 g/mol. The van der Waals surface area contributed by atoms with Gasteiger partial charge in [0.05, 0.1) is 31.9 Å². The predicted octanol–water partition coefficient (Wildman–Crippen LogP) is 5.95. The van der Waals surface area contributed by atoms with Gasteiger partial charge in [-0.3, -0.25) is 19.3 Å². The standard InChI is InChI=1S/C20H16Cl4N2O3/c1-9(2)5-17(18(27)25-16-4-3-10(21)6-15(16)24)26-19(28)11-7-13(22)14(23)8-12(11)20(26)29/h3-4,6-9,17H,5H2,1-2H3,(H,25,27)/t17-/m0/s1. The van der Waals surface area contributed by atoms with Crippen LogP contribution in [0.25, 0.3) is 0 Å². The number of nitrogens with one attached hydrogen (secondary N) is 1. The Morgan fingerprint density at radius 1 is 0.931 bits per heavy atom. The van der Waals surface area contributed by atoms with Crippen molar-refractivity contribution in [3.05, 3.63) is 61.5 Å². The molecule has 3 rings (SSSR count). The third-order valence-electron chi connectivity index (χ3n) is 4.46. The van der Waals surface area contributed by atoms with E-state index in [4.69, 9.17) is 46.4 Å². The summed E-state index contributed by atoms with van der Waals surface area (Å²) in [6.45, 7) is 3.78. The highest BCUT2D eigenvalue weighted by Gasteiger charge is 2.43. The Kier molecular flexibility index (Phi) is 6.44. The van der Waals surface area contributed by atoms with Gasteiger partial charge in [-0.05, 0) is 42.7 Å². The first-order valence-corrected chi connectivity index (χ1v) is 10.2. The molecule has 0 radical (unpaired) electrons. The van der Waals surface area contributed by atoms with E-state index in [2.05, 4.69) is 5.32 Å². The Morgan fingerprint density at radius 2 is 1.48 bits per heavy atom. The molecule has 9 heteroatoms. The zero-order valence-corrected chi connectivity index (χ0v) is 18.5. The lowest BCUT2D eigenvalue weighted by Crippen LogP contribution is -2.48. The van der Waals surface area contributed by atoms with Crippen molar-refractivity contribution in [2.75, 3.05) is 5.32 Å². The molecular formula is C20H16Cl4N2O3. The SMILES string of the molecule is CC(C)C[C@@H](C(=O)Nc1ccc(Cl)cc1Cl)N1C(=O)c2cc(Cl)c(Cl)cc2C1=O. The molecule has 0 aliphatic carbocycles. The molecule has 152 valence electrons. The molecule has 1 N–H and O–H groups in total. The normalized spacial score (nSPS) is 14.4. The highest BCUT2D eigenvalue weighted by atomic mass is 35.5. The molecule has 0 fully saturated rings. The van der Waals surface area contributed by atoms with E-state index in [0.717, 1.165) is 4.90 Å². The number of fused-ring (bicyclic) bond motifs is 1. The number of carbonyl (C=O) groups is 3. The molecular weight excluding hydrogens is 458 g/mol. The molecule has 0 unspecified atom stereocenters. The van der Waals surface area contributed by atoms with Crippen LogP contribution < -0.4 is 5.32 Å². The summed E-state index contributed by atoms with van der Waals surface area (Å²) < 4.78 is 0. The third-order valence-corrected chi connectivity index (χ3v) is 5.73. The summed E-state index contributed by atoms with van der Waals surface area (Å²) in [6, 6.07) is 6.28. The molecule has 1 atom stereocenters. The van der Waals surface area contributed by atoms with Crippen molar-refractivity contribution in [2.45, 2.75) is 26.3 Å². The lowest BCUT2D eigenvalue weighted by Gasteiger charge is -2.27. The molecule has 1 aliphatic heterocycles. The van der Waals surface area contributed by atoms with Crippen molar-refractivity contribution in [1.82, 2.24) is 4.90 Å². The number of hydrogen-bond acceptors (Lipinski definition) is 3. The zero-order chi connectivity index (χ0) is 21.5. The van der Waals surface area contributed by atoms with Gasteiger partial charge in [-0.1, -0.05) is 60.3 Å². The minimum Gasteiger partial charge on any atom is -0.323 e. The number of anilines is 1. The molecule has 2 aromatic carbocycles. The van der Waals surface area contributed by atoms with Crippen LogP contribution in [0.5, 0.6) is 0 Å². The first kappa shape index (κ1) is 21.9. The number of amides is 3. The second-order valence-corrected chi connectivity index (χ2v) is 8.71. The predicted molar refractivity (Wildman–Crippen MR) is 115 cm³/mol. The van der Waals surface area contributed by atoms with Crippen LogP contribution in [-0.4, -0.2) is 28.7 Å². The van der Waals surface area contributed by atoms with Gasteiger partial charge in [-0.25, -0.2) is 0 Å². The van der Waals surface area contributed by atoms with Crippen LogP contribution >= 0.6 is 46.4 Å². The van der Waals surface area contributed by atoms with Crippen LogP contribution in [0.15, 0.2) is 30.3 Å². The van der Waals surface area contributed by atoms with Gasteiger partial charge in [0.25, 0.3) is 11.8 Å². The first-order valence-electron chi connectivity index (χ1n) is 8.73. The topological polar surface area (TPSA) is 66.5 Å². The summed E-state index contributed by atoms with van der Waals surface area (Å²) in [5, 5.41) is 3.66. The smallest absolute Gasteiger partial charge is 0.262 e. The average molecular weight is 474 g/mol. The fourth-order valence-electron chi connectivity index (χ4n) is 3.12. The van der Waals surface area contributed by atoms with Crippen LogP contribution in [0.2, 0.25) is 20.1 Å². The van der Waals surface area contributed by atoms with Crippen molar-refractivity contribution >= 4 is 69.8 Å². The number of benzene rings is 2. The second kappa shape index (κ2) is 8.52. The van der Waals surface area contributed by atoms with Gasteiger partial charge in [0.2, 0.25) is 5.91 Å². The lowest BCUT2D eigenvalue weighted by atomic mass is 10.0. The molecule has 5 nitrogen and oxygen atoms in total. The summed E-state index contributed by atoms with van der Waals surface area (Å²) in [7, 11) is 0. The summed E-state index contributed by atoms with van der Waals surface area (Å²) >= 11 is 24.0. The molecule has 3 amide bonds. The van der Waals surface area contributed by atoms with E-state index in [1.165, 1.54) is 18.2 Å². The zero-order valence-electron chi connectivity index (χ0n) is 15.4. The highest BCUT2D eigenvalue weighted by molar-refractivity contribution is 6.43. The van der Waals surface area contributed by atoms with E-state index in [1.54, 1.807) is 12.1 Å². The quantitative estimate of drug-likeness (QED) is 0.545. The Bertz CT molecular complexity index is 982. The Labute approximate surface area is 187 Å². The maximum absolute atomic E-state index is 13.0. The molecule has 1 aliphatic rings. The van der Waals surface area contributed by atoms with E-state index in [0.29, 0.717) is 10.7 Å². The summed E-state index contributed by atoms with van der Waals surface area (Å²) in [5.41, 5.74) is 0.573. The van der Waals surface area contributed by atoms with E-state index in [1.807, 2.05) is 13.8 Å². The molecule has 0 saturated carbocycles. The summed E-state index contributed by atoms with van der Waals surface area (Å²) in [5.74, 6) is -1.68. The van der Waals surface area contributed by atoms with Crippen LogP contribution in [0.3, 0.4) is 0 Å². The van der Waals surface area contributed by atoms with Crippen molar-refractivity contribution in [1.29, 1.82) is 0 Å². The number of hydrogen-bond donors (Lipinski definition) is 1. The number of halogens is 4. The van der Waals surface area contributed by atoms with Crippen molar-refractivity contribution < 1.29 is 14.4 Å². The van der Waals surface area contributed by atoms with Crippen molar-refractivity contribution in [3.63, 3.8) is 0 Å². The minimum absolute atomic E-state index is 0.0305. The van der Waals surface area contributed by atoms with E-state index < -0.39 is 23.8 Å². The Morgan fingerprint density at radius 3 is 1.97 bits per heavy atom. The van der Waals surface area contributed by atoms with Crippen LogP contribution in [0.1, 0.15) is 41.0 Å². The Balaban J connectivity index is 1.95. The number of carbonyl (C=O) groups excluding carboxylic acids is 3. The summed E-state index contributed by atoms with van der Waals surface area (Å²) in [4.78, 5) is 39.9. The van der Waals surface area contributed by atoms with Gasteiger partial charge in [0.15, 0.2) is 0 Å². The molecule has 2 aromatic rings. The van der Waals surface area contributed by atoms with Gasteiger partial charge < -0.3 is 5.32 Å². The van der Waals surface area contributed by atoms with E-state index in [9.17, 15) is 14.4 Å². The number of nitrogens with zero attached hydrogens (tertiary/aromatic N) is 1. The molecule has 1 heterocycles. The van der Waals surface area contributed by atoms with E-state index in [-0.39, 0.29) is 38.5 Å². The molecule has 0 bridgehead atoms. The van der Waals surface area contributed by atoms with Crippen LogP contribution in [0.4, 0.5) is 5.69 Å². The molecule has 0 saturated heterocycles. The summed E-state index contributed by atoms with van der Waals surface area (Å²) in [6.07, 6.45) is 0.268. The fraction of sp³-hybridized carbons (Fsp3) is 0.250. The first-order chi connectivity index (χ1) is 13.6. The van der Waals surface area contributed by atoms with E-state index >= 15 is 0 Å². The molecule has 0 spiro atoms. The minimum atomic E-state index is -1.04. The third kappa shape index (κ3) is 4.38. The van der Waals surface area contributed by atoms with Crippen LogP contribution in [-0.2, 0) is 4.79 Å². The molecule has 0 aromatic heterocycles. The van der Waals surface area contributed by atoms with Gasteiger partial charge in [0.1, 0.15) is 6.04 Å². The average Bonchev–Trinajstić information content (AvgIpc) is 2.86. The Hall–Kier alpha value is -1.79. The lowest BCUT2D eigenvalue weighted by molar-refractivity contribution is -0.120. The van der Waals surface area contributed by atoms with Gasteiger partial charge in [-0.2, -0.15) is 0 Å². The van der Waals surface area contributed by atoms with Gasteiger partial charge in [0, 0.05) is 5.02 Å². The second-order valence-electron chi connectivity index (χ2n) is 7.05. The van der Waals surface area contributed by atoms with Crippen molar-refractivity contribution in [2.24, 2.45) is 5.92 Å². The van der Waals surface area contributed by atoms with Crippen LogP contribution in [0, 0.1) is 5.92 Å². The maximum atomic E-state index is 13.0. The van der Waals surface area contributed by atoms with Gasteiger partial charge >= 0.3 is 0 Å². The number of imide groups is 1. The fourth-order valence-corrected chi connectivity index (χ4v) is 3.90. The largest absolute Gasteiger partial charge is 0.323 e. The number of rotatable bonds is 5. The maximum Gasteiger partial charge on any atom is 0.262 e. The van der Waals surface area contributed by atoms with Gasteiger partial charge in [-0.15, -0.1) is 0 Å².